The molecule has 3 rings (SSSR count). The van der Waals surface area contributed by atoms with Crippen molar-refractivity contribution < 1.29 is 9.53 Å². The van der Waals surface area contributed by atoms with E-state index in [1.807, 2.05) is 30.3 Å². The quantitative estimate of drug-likeness (QED) is 0.815. The van der Waals surface area contributed by atoms with Crippen LogP contribution in [0.15, 0.2) is 36.5 Å². The maximum Gasteiger partial charge on any atom is 0.317 e. The third kappa shape index (κ3) is 2.44. The van der Waals surface area contributed by atoms with Crippen LogP contribution < -0.4 is 0 Å². The standard InChI is InChI=1S/C16H17ClN2O2/c1-19-13(17)10-18-14(19)11-21-15(20)16(8-5-9-16)12-6-3-2-4-7-12/h2-4,6-7,10H,5,8-9,11H2,1H3. The number of imidazole rings is 1. The summed E-state index contributed by atoms with van der Waals surface area (Å²) in [6.45, 7) is 0.149. The Balaban J connectivity index is 1.74. The molecule has 0 radical (unpaired) electrons. The first kappa shape index (κ1) is 14.1. The Morgan fingerprint density at radius 2 is 2.10 bits per heavy atom. The monoisotopic (exact) mass is 304 g/mol. The molecule has 5 heteroatoms. The lowest BCUT2D eigenvalue weighted by Gasteiger charge is -2.39. The molecule has 1 saturated carbocycles. The van der Waals surface area contributed by atoms with E-state index < -0.39 is 5.41 Å². The first-order chi connectivity index (χ1) is 10.1. The molecule has 4 nitrogen and oxygen atoms in total. The Bertz CT molecular complexity index is 648. The van der Waals surface area contributed by atoms with Gasteiger partial charge >= 0.3 is 5.97 Å². The number of benzene rings is 1. The number of carbonyl (C=O) groups is 1. The van der Waals surface area contributed by atoms with Gasteiger partial charge in [-0.15, -0.1) is 0 Å². The number of ether oxygens (including phenoxy) is 1. The molecule has 1 aromatic heterocycles. The summed E-state index contributed by atoms with van der Waals surface area (Å²) in [5.41, 5.74) is 0.565. The number of esters is 1. The smallest absolute Gasteiger partial charge is 0.317 e. The normalized spacial score (nSPS) is 16.3. The Hall–Kier alpha value is -1.81. The van der Waals surface area contributed by atoms with Crippen LogP contribution in [0.1, 0.15) is 30.7 Å². The van der Waals surface area contributed by atoms with Crippen LogP contribution in [-0.2, 0) is 28.6 Å². The van der Waals surface area contributed by atoms with E-state index in [9.17, 15) is 4.79 Å². The van der Waals surface area contributed by atoms with Gasteiger partial charge in [-0.1, -0.05) is 48.4 Å². The summed E-state index contributed by atoms with van der Waals surface area (Å²) in [4.78, 5) is 16.7. The lowest BCUT2D eigenvalue weighted by molar-refractivity contribution is -0.156. The van der Waals surface area contributed by atoms with Crippen molar-refractivity contribution in [1.82, 2.24) is 9.55 Å². The van der Waals surface area contributed by atoms with Gasteiger partial charge in [0.2, 0.25) is 0 Å². The average molecular weight is 305 g/mol. The highest BCUT2D eigenvalue weighted by Crippen LogP contribution is 2.44. The molecule has 110 valence electrons. The van der Waals surface area contributed by atoms with Crippen LogP contribution in [0.2, 0.25) is 5.15 Å². The Morgan fingerprint density at radius 1 is 1.38 bits per heavy atom. The van der Waals surface area contributed by atoms with Crippen molar-refractivity contribution in [3.05, 3.63) is 53.1 Å². The van der Waals surface area contributed by atoms with Gasteiger partial charge in [0.15, 0.2) is 0 Å². The fourth-order valence-corrected chi connectivity index (χ4v) is 2.87. The molecular formula is C16H17ClN2O2. The van der Waals surface area contributed by atoms with E-state index in [-0.39, 0.29) is 12.6 Å². The van der Waals surface area contributed by atoms with Crippen LogP contribution in [0, 0.1) is 0 Å². The minimum Gasteiger partial charge on any atom is -0.457 e. The first-order valence-electron chi connectivity index (χ1n) is 7.02. The van der Waals surface area contributed by atoms with E-state index in [0.717, 1.165) is 24.8 Å². The second-order valence-corrected chi connectivity index (χ2v) is 5.82. The van der Waals surface area contributed by atoms with Gasteiger partial charge in [0.1, 0.15) is 17.6 Å². The molecule has 0 amide bonds. The van der Waals surface area contributed by atoms with Gasteiger partial charge in [-0.25, -0.2) is 4.98 Å². The van der Waals surface area contributed by atoms with Crippen molar-refractivity contribution in [2.75, 3.05) is 0 Å². The summed E-state index contributed by atoms with van der Waals surface area (Å²) < 4.78 is 7.22. The highest BCUT2D eigenvalue weighted by Gasteiger charge is 2.47. The molecule has 1 aromatic carbocycles. The highest BCUT2D eigenvalue weighted by molar-refractivity contribution is 6.29. The second-order valence-electron chi connectivity index (χ2n) is 5.43. The van der Waals surface area contributed by atoms with Gasteiger partial charge in [0.05, 0.1) is 11.6 Å². The second kappa shape index (κ2) is 5.53. The predicted molar refractivity (Wildman–Crippen MR) is 80.0 cm³/mol. The highest BCUT2D eigenvalue weighted by atomic mass is 35.5. The number of aromatic nitrogens is 2. The largest absolute Gasteiger partial charge is 0.457 e. The third-order valence-corrected chi connectivity index (χ3v) is 4.64. The Morgan fingerprint density at radius 3 is 2.62 bits per heavy atom. The van der Waals surface area contributed by atoms with Crippen LogP contribution in [0.25, 0.3) is 0 Å². The maximum absolute atomic E-state index is 12.5. The van der Waals surface area contributed by atoms with E-state index in [0.29, 0.717) is 11.0 Å². The fourth-order valence-electron chi connectivity index (χ4n) is 2.72. The molecule has 1 heterocycles. The molecule has 0 aliphatic heterocycles. The number of carbonyl (C=O) groups excluding carboxylic acids is 1. The molecule has 0 unspecified atom stereocenters. The van der Waals surface area contributed by atoms with E-state index >= 15 is 0 Å². The predicted octanol–water partition coefficient (Wildman–Crippen LogP) is 3.24. The van der Waals surface area contributed by atoms with Crippen LogP contribution in [-0.4, -0.2) is 15.5 Å². The topological polar surface area (TPSA) is 44.1 Å². The van der Waals surface area contributed by atoms with Gasteiger partial charge in [-0.05, 0) is 18.4 Å². The summed E-state index contributed by atoms with van der Waals surface area (Å²) in [5.74, 6) is 0.481. The minimum absolute atomic E-state index is 0.149. The van der Waals surface area contributed by atoms with Crippen molar-refractivity contribution in [1.29, 1.82) is 0 Å². The fraction of sp³-hybridized carbons (Fsp3) is 0.375. The number of halogens is 1. The Labute approximate surface area is 128 Å². The molecule has 2 aromatic rings. The number of rotatable bonds is 4. The molecule has 1 aliphatic rings. The van der Waals surface area contributed by atoms with Crippen molar-refractivity contribution in [2.24, 2.45) is 7.05 Å². The van der Waals surface area contributed by atoms with Gasteiger partial charge in [-0.3, -0.25) is 4.79 Å². The van der Waals surface area contributed by atoms with Gasteiger partial charge in [0.25, 0.3) is 0 Å². The average Bonchev–Trinajstić information content (AvgIpc) is 2.77. The molecule has 1 fully saturated rings. The van der Waals surface area contributed by atoms with Crippen molar-refractivity contribution in [2.45, 2.75) is 31.3 Å². The molecular weight excluding hydrogens is 288 g/mol. The SMILES string of the molecule is Cn1c(Cl)cnc1COC(=O)C1(c2ccccc2)CCC1. The molecule has 0 N–H and O–H groups in total. The van der Waals surface area contributed by atoms with Crippen molar-refractivity contribution in [3.8, 4) is 0 Å². The molecule has 21 heavy (non-hydrogen) atoms. The van der Waals surface area contributed by atoms with Crippen LogP contribution in [0.4, 0.5) is 0 Å². The lowest BCUT2D eigenvalue weighted by atomic mass is 9.64. The van der Waals surface area contributed by atoms with E-state index in [1.165, 1.54) is 0 Å². The minimum atomic E-state index is -0.476. The number of hydrogen-bond donors (Lipinski definition) is 0. The lowest BCUT2D eigenvalue weighted by Crippen LogP contribution is -2.43. The molecule has 0 bridgehead atoms. The number of nitrogens with zero attached hydrogens (tertiary/aromatic N) is 2. The summed E-state index contributed by atoms with van der Waals surface area (Å²) in [6, 6.07) is 9.87. The van der Waals surface area contributed by atoms with E-state index in [1.54, 1.807) is 17.8 Å². The van der Waals surface area contributed by atoms with Crippen molar-refractivity contribution >= 4 is 17.6 Å². The van der Waals surface area contributed by atoms with E-state index in [4.69, 9.17) is 16.3 Å². The zero-order chi connectivity index (χ0) is 14.9. The molecule has 0 spiro atoms. The molecule has 0 atom stereocenters. The van der Waals surface area contributed by atoms with Gasteiger partial charge in [-0.2, -0.15) is 0 Å². The van der Waals surface area contributed by atoms with Crippen LogP contribution in [0.3, 0.4) is 0 Å². The molecule has 1 aliphatic carbocycles. The maximum atomic E-state index is 12.5. The van der Waals surface area contributed by atoms with Crippen molar-refractivity contribution in [3.63, 3.8) is 0 Å². The summed E-state index contributed by atoms with van der Waals surface area (Å²) >= 11 is 5.93. The van der Waals surface area contributed by atoms with Crippen LogP contribution in [0.5, 0.6) is 0 Å². The summed E-state index contributed by atoms with van der Waals surface area (Å²) in [5, 5.41) is 0.530. The van der Waals surface area contributed by atoms with Gasteiger partial charge in [0, 0.05) is 7.05 Å². The van der Waals surface area contributed by atoms with Gasteiger partial charge < -0.3 is 9.30 Å². The van der Waals surface area contributed by atoms with E-state index in [2.05, 4.69) is 4.98 Å². The zero-order valence-electron chi connectivity index (χ0n) is 11.9. The molecule has 0 saturated heterocycles. The third-order valence-electron chi connectivity index (χ3n) is 4.28. The number of hydrogen-bond acceptors (Lipinski definition) is 3. The van der Waals surface area contributed by atoms with Crippen LogP contribution >= 0.6 is 11.6 Å². The summed E-state index contributed by atoms with van der Waals surface area (Å²) in [6.07, 6.45) is 4.30. The zero-order valence-corrected chi connectivity index (χ0v) is 12.6. The summed E-state index contributed by atoms with van der Waals surface area (Å²) in [7, 11) is 1.80. The Kier molecular flexibility index (Phi) is 3.72. The first-order valence-corrected chi connectivity index (χ1v) is 7.40.